The van der Waals surface area contributed by atoms with Crippen molar-refractivity contribution in [3.05, 3.63) is 90.0 Å². The first-order valence-electron chi connectivity index (χ1n) is 10.2. The van der Waals surface area contributed by atoms with Crippen molar-refractivity contribution in [2.75, 3.05) is 32.6 Å². The molecular formula is C25H26N4O3. The quantitative estimate of drug-likeness (QED) is 0.373. The number of carbonyl (C=O) groups excluding carboxylic acids is 2. The van der Waals surface area contributed by atoms with Crippen LogP contribution in [0.2, 0.25) is 0 Å². The second-order valence-electron chi connectivity index (χ2n) is 7.44. The van der Waals surface area contributed by atoms with Gasteiger partial charge in [-0.15, -0.1) is 5.11 Å². The molecule has 7 heteroatoms. The van der Waals surface area contributed by atoms with Crippen molar-refractivity contribution in [1.82, 2.24) is 4.90 Å². The Morgan fingerprint density at radius 2 is 1.47 bits per heavy atom. The van der Waals surface area contributed by atoms with E-state index in [2.05, 4.69) is 10.2 Å². The molecule has 7 nitrogen and oxygen atoms in total. The summed E-state index contributed by atoms with van der Waals surface area (Å²) in [5.74, 6) is -0.911. The van der Waals surface area contributed by atoms with Crippen LogP contribution in [0.4, 0.5) is 17.1 Å². The molecule has 164 valence electrons. The van der Waals surface area contributed by atoms with Crippen molar-refractivity contribution in [3.63, 3.8) is 0 Å². The van der Waals surface area contributed by atoms with Gasteiger partial charge in [-0.2, -0.15) is 5.11 Å². The number of azo groups is 1. The Kier molecular flexibility index (Phi) is 7.70. The van der Waals surface area contributed by atoms with Crippen molar-refractivity contribution < 1.29 is 14.3 Å². The number of anilines is 1. The van der Waals surface area contributed by atoms with Gasteiger partial charge in [0.2, 0.25) is 0 Å². The maximum atomic E-state index is 12.6. The molecule has 0 aliphatic rings. The highest BCUT2D eigenvalue weighted by molar-refractivity contribution is 5.96. The lowest BCUT2D eigenvalue weighted by atomic mass is 10.2. The summed E-state index contributed by atoms with van der Waals surface area (Å²) in [5, 5.41) is 8.42. The number of amides is 1. The number of likely N-dealkylation sites (N-methyl/N-ethyl adjacent to an activating group) is 1. The molecule has 32 heavy (non-hydrogen) atoms. The number of benzene rings is 3. The third-order valence-electron chi connectivity index (χ3n) is 4.78. The van der Waals surface area contributed by atoms with Gasteiger partial charge in [0.1, 0.15) is 5.69 Å². The molecule has 3 rings (SSSR count). The minimum atomic E-state index is -0.621. The molecule has 3 aromatic rings. The first-order chi connectivity index (χ1) is 15.4. The third-order valence-corrected chi connectivity index (χ3v) is 4.78. The molecule has 0 bridgehead atoms. The summed E-state index contributed by atoms with van der Waals surface area (Å²) in [7, 11) is 5.60. The molecule has 3 aromatic carbocycles. The van der Waals surface area contributed by atoms with Gasteiger partial charge in [-0.05, 0) is 42.0 Å². The predicted molar refractivity (Wildman–Crippen MR) is 125 cm³/mol. The molecular weight excluding hydrogens is 404 g/mol. The Balaban J connectivity index is 1.61. The van der Waals surface area contributed by atoms with Crippen LogP contribution >= 0.6 is 0 Å². The number of esters is 1. The topological polar surface area (TPSA) is 74.6 Å². The van der Waals surface area contributed by atoms with Gasteiger partial charge in [0, 0.05) is 33.4 Å². The molecule has 0 fully saturated rings. The van der Waals surface area contributed by atoms with Crippen molar-refractivity contribution in [3.8, 4) is 0 Å². The molecule has 0 spiro atoms. The Hall–Kier alpha value is -4.00. The largest absolute Gasteiger partial charge is 0.452 e. The Morgan fingerprint density at radius 1 is 0.812 bits per heavy atom. The first kappa shape index (κ1) is 22.7. The number of hydrogen-bond donors (Lipinski definition) is 0. The van der Waals surface area contributed by atoms with Crippen LogP contribution in [0.5, 0.6) is 0 Å². The normalized spacial score (nSPS) is 10.7. The van der Waals surface area contributed by atoms with Gasteiger partial charge in [-0.3, -0.25) is 4.79 Å². The first-order valence-corrected chi connectivity index (χ1v) is 10.2. The fourth-order valence-corrected chi connectivity index (χ4v) is 2.92. The minimum absolute atomic E-state index is 0.250. The minimum Gasteiger partial charge on any atom is -0.452 e. The fourth-order valence-electron chi connectivity index (χ4n) is 2.92. The van der Waals surface area contributed by atoms with E-state index in [4.69, 9.17) is 4.74 Å². The third kappa shape index (κ3) is 6.25. The lowest BCUT2D eigenvalue weighted by Gasteiger charge is -2.17. The highest BCUT2D eigenvalue weighted by Gasteiger charge is 2.16. The Labute approximate surface area is 188 Å². The molecule has 0 saturated heterocycles. The highest BCUT2D eigenvalue weighted by Crippen LogP contribution is 2.24. The number of hydrogen-bond acceptors (Lipinski definition) is 6. The van der Waals surface area contributed by atoms with Crippen molar-refractivity contribution in [1.29, 1.82) is 0 Å². The van der Waals surface area contributed by atoms with Crippen molar-refractivity contribution >= 4 is 28.9 Å². The second kappa shape index (κ2) is 10.9. The van der Waals surface area contributed by atoms with Gasteiger partial charge in [-0.25, -0.2) is 4.79 Å². The molecule has 0 aliphatic carbocycles. The summed E-state index contributed by atoms with van der Waals surface area (Å²) in [6, 6.07) is 23.9. The fraction of sp³-hybridized carbons (Fsp3) is 0.200. The average molecular weight is 431 g/mol. The zero-order chi connectivity index (χ0) is 22.9. The van der Waals surface area contributed by atoms with Gasteiger partial charge in [-0.1, -0.05) is 42.5 Å². The second-order valence-corrected chi connectivity index (χ2v) is 7.44. The van der Waals surface area contributed by atoms with Gasteiger partial charge in [0.05, 0.1) is 11.3 Å². The van der Waals surface area contributed by atoms with Crippen molar-refractivity contribution in [2.24, 2.45) is 10.2 Å². The van der Waals surface area contributed by atoms with Gasteiger partial charge in [0.25, 0.3) is 5.91 Å². The Bertz CT molecular complexity index is 1080. The number of carbonyl (C=O) groups is 2. The van der Waals surface area contributed by atoms with Crippen LogP contribution in [0.3, 0.4) is 0 Å². The summed E-state index contributed by atoms with van der Waals surface area (Å²) in [4.78, 5) is 28.4. The van der Waals surface area contributed by atoms with E-state index in [1.54, 1.807) is 31.3 Å². The smallest absolute Gasteiger partial charge is 0.340 e. The van der Waals surface area contributed by atoms with E-state index in [-0.39, 0.29) is 18.1 Å². The van der Waals surface area contributed by atoms with Crippen LogP contribution in [-0.4, -0.2) is 44.5 Å². The SMILES string of the molecule is CN(Cc1ccccc1)C(=O)COC(=O)c1ccccc1N=Nc1ccc(N(C)C)cc1. The van der Waals surface area contributed by atoms with Crippen molar-refractivity contribution in [2.45, 2.75) is 6.54 Å². The number of nitrogens with zero attached hydrogens (tertiary/aromatic N) is 4. The lowest BCUT2D eigenvalue weighted by Crippen LogP contribution is -2.30. The summed E-state index contributed by atoms with van der Waals surface area (Å²) < 4.78 is 5.25. The highest BCUT2D eigenvalue weighted by atomic mass is 16.5. The number of rotatable bonds is 8. The van der Waals surface area contributed by atoms with E-state index in [0.29, 0.717) is 17.9 Å². The van der Waals surface area contributed by atoms with E-state index in [0.717, 1.165) is 11.3 Å². The molecule has 0 aliphatic heterocycles. The number of ether oxygens (including phenoxy) is 1. The van der Waals surface area contributed by atoms with Gasteiger partial charge >= 0.3 is 5.97 Å². The summed E-state index contributed by atoms with van der Waals surface area (Å²) >= 11 is 0. The average Bonchev–Trinajstić information content (AvgIpc) is 2.82. The lowest BCUT2D eigenvalue weighted by molar-refractivity contribution is -0.133. The molecule has 0 saturated carbocycles. The molecule has 1 amide bonds. The zero-order valence-electron chi connectivity index (χ0n) is 18.4. The molecule has 0 radical (unpaired) electrons. The maximum Gasteiger partial charge on any atom is 0.340 e. The van der Waals surface area contributed by atoms with E-state index >= 15 is 0 Å². The molecule has 0 heterocycles. The van der Waals surface area contributed by atoms with Crippen LogP contribution in [0, 0.1) is 0 Å². The summed E-state index contributed by atoms with van der Waals surface area (Å²) in [5.41, 5.74) is 3.34. The van der Waals surface area contributed by atoms with Crippen LogP contribution < -0.4 is 4.90 Å². The van der Waals surface area contributed by atoms with Crippen LogP contribution in [0.15, 0.2) is 89.1 Å². The molecule has 0 unspecified atom stereocenters. The standard InChI is InChI=1S/C25H26N4O3/c1-28(2)21-15-13-20(14-16-21)26-27-23-12-8-7-11-22(23)25(31)32-18-24(30)29(3)17-19-9-5-4-6-10-19/h4-16H,17-18H2,1-3H3. The zero-order valence-corrected chi connectivity index (χ0v) is 18.4. The molecule has 0 aromatic heterocycles. The van der Waals surface area contributed by atoms with E-state index in [1.165, 1.54) is 4.90 Å². The van der Waals surface area contributed by atoms with Crippen LogP contribution in [0.25, 0.3) is 0 Å². The Morgan fingerprint density at radius 3 is 2.16 bits per heavy atom. The monoisotopic (exact) mass is 430 g/mol. The summed E-state index contributed by atoms with van der Waals surface area (Å²) in [6.07, 6.45) is 0. The predicted octanol–water partition coefficient (Wildman–Crippen LogP) is 4.98. The van der Waals surface area contributed by atoms with E-state index in [9.17, 15) is 9.59 Å². The van der Waals surface area contributed by atoms with E-state index < -0.39 is 5.97 Å². The van der Waals surface area contributed by atoms with E-state index in [1.807, 2.05) is 73.6 Å². The maximum absolute atomic E-state index is 12.6. The molecule has 0 atom stereocenters. The van der Waals surface area contributed by atoms with Gasteiger partial charge in [0.15, 0.2) is 6.61 Å². The van der Waals surface area contributed by atoms with Gasteiger partial charge < -0.3 is 14.5 Å². The molecule has 0 N–H and O–H groups in total. The van der Waals surface area contributed by atoms with Crippen LogP contribution in [-0.2, 0) is 16.1 Å². The summed E-state index contributed by atoms with van der Waals surface area (Å²) in [6.45, 7) is 0.0915. The van der Waals surface area contributed by atoms with Crippen LogP contribution in [0.1, 0.15) is 15.9 Å².